The maximum atomic E-state index is 4.88. The Morgan fingerprint density at radius 1 is 0.261 bits per heavy atom. The topological polar surface area (TPSA) is 51.6 Å². The second-order valence-corrected chi connectivity index (χ2v) is 26.1. The summed E-state index contributed by atoms with van der Waals surface area (Å²) in [6.45, 7) is 14.3. The number of benzene rings is 10. The van der Waals surface area contributed by atoms with E-state index in [1.807, 2.05) is 24.8 Å². The van der Waals surface area contributed by atoms with Gasteiger partial charge in [-0.1, -0.05) is 211 Å². The van der Waals surface area contributed by atoms with E-state index in [0.717, 1.165) is 61.1 Å². The molecule has 0 atom stereocenters. The van der Waals surface area contributed by atoms with Gasteiger partial charge in [0.25, 0.3) is 0 Å². The molecule has 3 aliphatic carbocycles. The van der Waals surface area contributed by atoms with Gasteiger partial charge in [-0.05, 0) is 217 Å². The van der Waals surface area contributed by atoms with Gasteiger partial charge in [-0.2, -0.15) is 8.75 Å². The molecule has 0 amide bonds. The van der Waals surface area contributed by atoms with Gasteiger partial charge in [0.1, 0.15) is 11.0 Å². The molecule has 10 aromatic carbocycles. The number of fused-ring (bicyclic) bond motifs is 10. The highest BCUT2D eigenvalue weighted by atomic mass is 32.1. The Hall–Kier alpha value is -10.2. The summed E-state index contributed by atoms with van der Waals surface area (Å²) in [5.41, 5.74) is 35.7. The monoisotopic (exact) mass is 1150 g/mol. The van der Waals surface area contributed by atoms with E-state index in [1.54, 1.807) is 0 Å². The van der Waals surface area contributed by atoms with Crippen LogP contribution in [-0.4, -0.2) is 18.7 Å². The predicted molar refractivity (Wildman–Crippen MR) is 369 cm³/mol. The minimum atomic E-state index is -0.287. The molecule has 88 heavy (non-hydrogen) atoms. The second-order valence-electron chi connectivity index (χ2n) is 25.5. The average molecular weight is 1150 g/mol. The molecule has 3 heterocycles. The Morgan fingerprint density at radius 2 is 0.557 bits per heavy atom. The highest BCUT2D eigenvalue weighted by Gasteiger charge is 2.39. The van der Waals surface area contributed by atoms with Crippen LogP contribution in [0.2, 0.25) is 0 Å². The minimum Gasteiger partial charge on any atom is -0.265 e. The van der Waals surface area contributed by atoms with Crippen LogP contribution in [0.3, 0.4) is 0 Å². The highest BCUT2D eigenvalue weighted by Crippen LogP contribution is 2.55. The first-order valence-electron chi connectivity index (χ1n) is 30.5. The van der Waals surface area contributed by atoms with Crippen LogP contribution in [0.4, 0.5) is 0 Å². The average Bonchev–Trinajstić information content (AvgIpc) is 2.21. The Kier molecular flexibility index (Phi) is 12.4. The maximum Gasteiger partial charge on any atom is 0.113 e. The molecule has 5 heteroatoms. The molecule has 0 unspecified atom stereocenters. The molecule has 0 saturated carbocycles. The van der Waals surface area contributed by atoms with E-state index in [0.29, 0.717) is 0 Å². The first-order chi connectivity index (χ1) is 42.9. The molecular formula is C83H62N4S. The second kappa shape index (κ2) is 20.5. The lowest BCUT2D eigenvalue weighted by atomic mass is 9.79. The van der Waals surface area contributed by atoms with Crippen LogP contribution in [0.1, 0.15) is 97.2 Å². The van der Waals surface area contributed by atoms with E-state index >= 15 is 0 Å². The van der Waals surface area contributed by atoms with Crippen molar-refractivity contribution >= 4 is 47.1 Å². The fourth-order valence-electron chi connectivity index (χ4n) is 14.6. The summed E-state index contributed by atoms with van der Waals surface area (Å²) in [7, 11) is 0. The Morgan fingerprint density at radius 3 is 0.932 bits per heavy atom. The van der Waals surface area contributed by atoms with Crippen LogP contribution in [0.5, 0.6) is 0 Å². The third kappa shape index (κ3) is 8.70. The Balaban J connectivity index is 0.773. The fourth-order valence-corrected chi connectivity index (χ4v) is 15.1. The van der Waals surface area contributed by atoms with Gasteiger partial charge >= 0.3 is 0 Å². The van der Waals surface area contributed by atoms with E-state index in [4.69, 9.17) is 8.75 Å². The van der Waals surface area contributed by atoms with E-state index in [9.17, 15) is 0 Å². The zero-order chi connectivity index (χ0) is 59.5. The number of rotatable bonds is 10. The molecule has 420 valence electrons. The van der Waals surface area contributed by atoms with Crippen LogP contribution in [0.25, 0.3) is 135 Å². The van der Waals surface area contributed by atoms with Gasteiger partial charge in [0.2, 0.25) is 0 Å². The zero-order valence-electron chi connectivity index (χ0n) is 50.1. The van der Waals surface area contributed by atoms with Crippen LogP contribution >= 0.6 is 11.7 Å². The lowest BCUT2D eigenvalue weighted by molar-refractivity contribution is 0.660. The van der Waals surface area contributed by atoms with Gasteiger partial charge in [-0.3, -0.25) is 9.97 Å². The molecule has 0 radical (unpaired) electrons. The maximum absolute atomic E-state index is 4.88. The summed E-state index contributed by atoms with van der Waals surface area (Å²) >= 11 is 1.28. The SMILES string of the molecule is CC1(C)c2cc(-c3ccccc3)ccc2-c2ccc(-c3ccc4c(c3)C(C)(C)c3cc(-c5cc(/C=C/c6ccncc6)c(-c6ccc7c(c6)C(C)(C)c6cc(-c8ccc(-c9ccccc9)c9nsnc89)ccc6-7)cc5/C=C/c5ccncc5)ccc3-4)cc21. The Bertz CT molecular complexity index is 5030. The standard InChI is InChI=1S/C83H62N4S/c1-81(2)73-45-55(53-13-9-7-10-14-53)21-27-65(73)66-28-22-56(46-74(66)81)57-23-29-67-69-31-25-61(49-77(69)82(3,4)75(67)47-57)71-43-59(20-18-52-37-41-85-42-38-52)72(44-58(71)19-17-51-35-39-84-40-36-51)62-26-32-70-68-30-24-60(48-76(68)83(5,6)78(70)50-62)64-34-33-63(54-15-11-8-12-16-54)79-80(64)87-88-86-79/h7-50H,1-6H3/b19-17+,20-18+. The van der Waals surface area contributed by atoms with Crippen molar-refractivity contribution in [2.75, 3.05) is 0 Å². The Labute approximate surface area is 519 Å². The van der Waals surface area contributed by atoms with E-state index < -0.39 is 0 Å². The summed E-state index contributed by atoms with van der Waals surface area (Å²) in [5, 5.41) is 0. The van der Waals surface area contributed by atoms with Crippen molar-refractivity contribution in [3.05, 3.63) is 299 Å². The number of pyridine rings is 2. The van der Waals surface area contributed by atoms with Gasteiger partial charge in [0.05, 0.1) is 11.7 Å². The molecule has 4 nitrogen and oxygen atoms in total. The number of hydrogen-bond donors (Lipinski definition) is 0. The normalized spacial score (nSPS) is 14.4. The lowest BCUT2D eigenvalue weighted by Gasteiger charge is -2.24. The summed E-state index contributed by atoms with van der Waals surface area (Å²) < 4.78 is 9.70. The molecular weight excluding hydrogens is 1090 g/mol. The third-order valence-corrected chi connectivity index (χ3v) is 20.0. The smallest absolute Gasteiger partial charge is 0.113 e. The van der Waals surface area contributed by atoms with Crippen molar-refractivity contribution in [2.24, 2.45) is 0 Å². The van der Waals surface area contributed by atoms with Crippen molar-refractivity contribution in [2.45, 2.75) is 57.8 Å². The number of aromatic nitrogens is 4. The van der Waals surface area contributed by atoms with Crippen molar-refractivity contribution in [3.63, 3.8) is 0 Å². The zero-order valence-corrected chi connectivity index (χ0v) is 50.9. The number of nitrogens with zero attached hydrogens (tertiary/aromatic N) is 4. The third-order valence-electron chi connectivity index (χ3n) is 19.4. The first kappa shape index (κ1) is 53.3. The molecule has 0 N–H and O–H groups in total. The number of hydrogen-bond acceptors (Lipinski definition) is 5. The molecule has 0 saturated heterocycles. The van der Waals surface area contributed by atoms with Crippen molar-refractivity contribution in [1.82, 2.24) is 18.7 Å². The molecule has 0 aliphatic heterocycles. The largest absolute Gasteiger partial charge is 0.265 e. The van der Waals surface area contributed by atoms with Crippen molar-refractivity contribution < 1.29 is 0 Å². The quantitative estimate of drug-likeness (QED) is 0.137. The van der Waals surface area contributed by atoms with E-state index in [2.05, 4.69) is 294 Å². The molecule has 3 aliphatic rings. The van der Waals surface area contributed by atoms with Crippen LogP contribution < -0.4 is 0 Å². The molecule has 0 bridgehead atoms. The van der Waals surface area contributed by atoms with Gasteiger partial charge < -0.3 is 0 Å². The van der Waals surface area contributed by atoms with Crippen molar-refractivity contribution in [1.29, 1.82) is 0 Å². The lowest BCUT2D eigenvalue weighted by Crippen LogP contribution is -2.15. The van der Waals surface area contributed by atoms with Crippen molar-refractivity contribution in [3.8, 4) is 100 Å². The van der Waals surface area contributed by atoms with Gasteiger partial charge in [-0.25, -0.2) is 0 Å². The fraction of sp³-hybridized carbons (Fsp3) is 0.108. The summed E-state index contributed by atoms with van der Waals surface area (Å²) in [5.74, 6) is 0. The van der Waals surface area contributed by atoms with Crippen LogP contribution in [-0.2, 0) is 16.2 Å². The van der Waals surface area contributed by atoms with Crippen LogP contribution in [0.15, 0.2) is 243 Å². The summed E-state index contributed by atoms with van der Waals surface area (Å²) in [4.78, 5) is 8.70. The van der Waals surface area contributed by atoms with Gasteiger partial charge in [-0.15, -0.1) is 0 Å². The molecule has 0 spiro atoms. The highest BCUT2D eigenvalue weighted by molar-refractivity contribution is 7.00. The summed E-state index contributed by atoms with van der Waals surface area (Å²) in [6.07, 6.45) is 16.5. The molecule has 16 rings (SSSR count). The van der Waals surface area contributed by atoms with E-state index in [1.165, 1.54) is 117 Å². The molecule has 3 aromatic heterocycles. The summed E-state index contributed by atoms with van der Waals surface area (Å²) in [6, 6.07) is 81.4. The first-order valence-corrected chi connectivity index (χ1v) is 31.2. The predicted octanol–water partition coefficient (Wildman–Crippen LogP) is 21.7. The minimum absolute atomic E-state index is 0.143. The van der Waals surface area contributed by atoms with Gasteiger partial charge in [0, 0.05) is 52.2 Å². The molecule has 13 aromatic rings. The van der Waals surface area contributed by atoms with Crippen LogP contribution in [0, 0.1) is 0 Å². The van der Waals surface area contributed by atoms with E-state index in [-0.39, 0.29) is 16.2 Å². The van der Waals surface area contributed by atoms with Gasteiger partial charge in [0.15, 0.2) is 0 Å². The molecule has 0 fully saturated rings.